The third-order valence-corrected chi connectivity index (χ3v) is 6.10. The smallest absolute Gasteiger partial charge is 0.293 e. The molecule has 3 heterocycles. The maximum Gasteiger partial charge on any atom is 0.293 e. The molecule has 5 rings (SSSR count). The summed E-state index contributed by atoms with van der Waals surface area (Å²) in [4.78, 5) is 27.6. The number of hydrogen-bond acceptors (Lipinski definition) is 4. The van der Waals surface area contributed by atoms with Crippen molar-refractivity contribution in [3.8, 4) is 0 Å². The zero-order valence-electron chi connectivity index (χ0n) is 17.1. The molecule has 0 radical (unpaired) electrons. The summed E-state index contributed by atoms with van der Waals surface area (Å²) in [7, 11) is 0. The van der Waals surface area contributed by atoms with Gasteiger partial charge in [-0.15, -0.1) is 10.2 Å². The number of carbonyl (C=O) groups is 2. The molecule has 158 valence electrons. The van der Waals surface area contributed by atoms with Gasteiger partial charge in [-0.2, -0.15) is 0 Å². The first-order valence-electron chi connectivity index (χ1n) is 10.3. The zero-order valence-corrected chi connectivity index (χ0v) is 17.1. The van der Waals surface area contributed by atoms with Crippen molar-refractivity contribution in [3.63, 3.8) is 0 Å². The van der Waals surface area contributed by atoms with Crippen LogP contribution >= 0.6 is 0 Å². The summed E-state index contributed by atoms with van der Waals surface area (Å²) in [6.07, 6.45) is 0.669. The molecule has 0 unspecified atom stereocenters. The Balaban J connectivity index is 1.31. The molecule has 1 aromatic heterocycles. The number of likely N-dealkylation sites (tertiary alicyclic amines) is 1. The van der Waals surface area contributed by atoms with E-state index in [9.17, 15) is 14.0 Å². The van der Waals surface area contributed by atoms with Crippen LogP contribution in [0.25, 0.3) is 0 Å². The Morgan fingerprint density at radius 2 is 1.84 bits per heavy atom. The van der Waals surface area contributed by atoms with E-state index in [4.69, 9.17) is 0 Å². The van der Waals surface area contributed by atoms with Crippen LogP contribution in [-0.4, -0.2) is 44.6 Å². The summed E-state index contributed by atoms with van der Waals surface area (Å²) >= 11 is 0. The Bertz CT molecular complexity index is 1170. The van der Waals surface area contributed by atoms with Crippen LogP contribution in [-0.2, 0) is 13.0 Å². The predicted molar refractivity (Wildman–Crippen MR) is 112 cm³/mol. The predicted octanol–water partition coefficient (Wildman–Crippen LogP) is 2.92. The minimum absolute atomic E-state index is 0.0398. The van der Waals surface area contributed by atoms with Crippen LogP contribution in [0.3, 0.4) is 0 Å². The fourth-order valence-electron chi connectivity index (χ4n) is 4.57. The molecule has 2 aromatic carbocycles. The van der Waals surface area contributed by atoms with E-state index in [-0.39, 0.29) is 17.6 Å². The molecule has 8 heteroatoms. The second kappa shape index (κ2) is 7.61. The Morgan fingerprint density at radius 1 is 1.03 bits per heavy atom. The highest BCUT2D eigenvalue weighted by molar-refractivity contribution is 6.01. The molecule has 31 heavy (non-hydrogen) atoms. The second-order valence-corrected chi connectivity index (χ2v) is 8.32. The van der Waals surface area contributed by atoms with Gasteiger partial charge in [-0.1, -0.05) is 23.8 Å². The molecule has 0 saturated carbocycles. The van der Waals surface area contributed by atoms with Crippen LogP contribution in [0.2, 0.25) is 0 Å². The molecule has 0 spiro atoms. The summed E-state index contributed by atoms with van der Waals surface area (Å²) in [5.74, 6) is 0.680. The number of hydrogen-bond donors (Lipinski definition) is 1. The Kier molecular flexibility index (Phi) is 4.77. The van der Waals surface area contributed by atoms with Gasteiger partial charge in [0.05, 0.1) is 0 Å². The normalized spacial score (nSPS) is 19.6. The van der Waals surface area contributed by atoms with Gasteiger partial charge in [-0.05, 0) is 49.1 Å². The molecule has 0 bridgehead atoms. The first kappa shape index (κ1) is 19.4. The first-order chi connectivity index (χ1) is 15.0. The highest BCUT2D eigenvalue weighted by Crippen LogP contribution is 2.33. The number of aryl methyl sites for hydroxylation is 1. The van der Waals surface area contributed by atoms with Gasteiger partial charge in [0.25, 0.3) is 11.8 Å². The van der Waals surface area contributed by atoms with E-state index >= 15 is 0 Å². The van der Waals surface area contributed by atoms with Crippen molar-refractivity contribution in [1.82, 2.24) is 19.7 Å². The number of carbonyl (C=O) groups excluding carboxylic acids is 2. The first-order valence-corrected chi connectivity index (χ1v) is 10.3. The number of anilines is 1. The van der Waals surface area contributed by atoms with Crippen LogP contribution in [0.1, 0.15) is 32.4 Å². The maximum absolute atomic E-state index is 13.4. The van der Waals surface area contributed by atoms with Gasteiger partial charge in [0, 0.05) is 37.3 Å². The maximum atomic E-state index is 13.4. The Labute approximate surface area is 178 Å². The molecule has 3 aromatic rings. The van der Waals surface area contributed by atoms with Gasteiger partial charge in [-0.25, -0.2) is 4.39 Å². The lowest BCUT2D eigenvalue weighted by molar-refractivity contribution is 0.0783. The average Bonchev–Trinajstić information content (AvgIpc) is 3.34. The van der Waals surface area contributed by atoms with Crippen molar-refractivity contribution in [3.05, 3.63) is 77.1 Å². The fourth-order valence-corrected chi connectivity index (χ4v) is 4.57. The highest BCUT2D eigenvalue weighted by Gasteiger charge is 2.40. The largest absolute Gasteiger partial charge is 0.338 e. The second-order valence-electron chi connectivity index (χ2n) is 8.32. The molecular weight excluding hydrogens is 397 g/mol. The van der Waals surface area contributed by atoms with Crippen molar-refractivity contribution in [2.75, 3.05) is 18.4 Å². The monoisotopic (exact) mass is 419 g/mol. The van der Waals surface area contributed by atoms with Crippen molar-refractivity contribution in [1.29, 1.82) is 0 Å². The van der Waals surface area contributed by atoms with E-state index < -0.39 is 11.7 Å². The highest BCUT2D eigenvalue weighted by atomic mass is 19.1. The molecule has 2 amide bonds. The van der Waals surface area contributed by atoms with Gasteiger partial charge < -0.3 is 14.8 Å². The third kappa shape index (κ3) is 3.69. The zero-order chi connectivity index (χ0) is 21.5. The van der Waals surface area contributed by atoms with Crippen molar-refractivity contribution in [2.24, 2.45) is 11.8 Å². The van der Waals surface area contributed by atoms with Crippen molar-refractivity contribution < 1.29 is 14.0 Å². The minimum Gasteiger partial charge on any atom is -0.338 e. The van der Waals surface area contributed by atoms with Gasteiger partial charge in [0.15, 0.2) is 0 Å². The van der Waals surface area contributed by atoms with Gasteiger partial charge in [0.1, 0.15) is 11.6 Å². The van der Waals surface area contributed by atoms with Crippen LogP contribution < -0.4 is 5.32 Å². The number of aromatic nitrogens is 3. The van der Waals surface area contributed by atoms with Crippen LogP contribution in [0.4, 0.5) is 10.1 Å². The van der Waals surface area contributed by atoms with E-state index in [1.54, 1.807) is 6.07 Å². The number of fused-ring (bicyclic) bond motifs is 2. The van der Waals surface area contributed by atoms with E-state index in [2.05, 4.69) is 15.5 Å². The minimum atomic E-state index is -0.423. The molecule has 0 aliphatic carbocycles. The van der Waals surface area contributed by atoms with Crippen LogP contribution in [0, 0.1) is 24.6 Å². The van der Waals surface area contributed by atoms with E-state index in [0.717, 1.165) is 11.4 Å². The number of rotatable bonds is 3. The molecule has 1 saturated heterocycles. The average molecular weight is 419 g/mol. The van der Waals surface area contributed by atoms with Gasteiger partial charge in [0.2, 0.25) is 5.82 Å². The number of halogens is 1. The molecule has 7 nitrogen and oxygen atoms in total. The molecule has 1 fully saturated rings. The lowest BCUT2D eigenvalue weighted by atomic mass is 9.89. The summed E-state index contributed by atoms with van der Waals surface area (Å²) in [5, 5.41) is 11.0. The van der Waals surface area contributed by atoms with E-state index in [0.29, 0.717) is 43.2 Å². The number of nitrogens with zero attached hydrogens (tertiary/aromatic N) is 4. The number of benzene rings is 2. The van der Waals surface area contributed by atoms with Gasteiger partial charge in [-0.3, -0.25) is 9.59 Å². The summed E-state index contributed by atoms with van der Waals surface area (Å²) in [5.41, 5.74) is 2.13. The quantitative estimate of drug-likeness (QED) is 0.708. The summed E-state index contributed by atoms with van der Waals surface area (Å²) < 4.78 is 15.2. The molecule has 2 atom stereocenters. The van der Waals surface area contributed by atoms with E-state index in [1.165, 1.54) is 18.2 Å². The molecular formula is C23H22FN5O2. The molecule has 2 aliphatic rings. The number of amides is 2. The van der Waals surface area contributed by atoms with Crippen LogP contribution in [0.5, 0.6) is 0 Å². The molecule has 1 N–H and O–H groups in total. The van der Waals surface area contributed by atoms with Crippen molar-refractivity contribution in [2.45, 2.75) is 19.9 Å². The summed E-state index contributed by atoms with van der Waals surface area (Å²) in [6.45, 7) is 3.87. The lowest BCUT2D eigenvalue weighted by Crippen LogP contribution is -2.31. The third-order valence-electron chi connectivity index (χ3n) is 6.10. The summed E-state index contributed by atoms with van der Waals surface area (Å²) in [6, 6.07) is 13.4. The molecule has 2 aliphatic heterocycles. The lowest BCUT2D eigenvalue weighted by Gasteiger charge is -2.25. The van der Waals surface area contributed by atoms with E-state index in [1.807, 2.05) is 40.7 Å². The SMILES string of the molecule is Cc1cccc(C(=O)N2C[C@@H]3Cc4nnc(C(=O)Nc5cccc(F)c5)n4C[C@@H]3C2)c1. The Morgan fingerprint density at radius 3 is 2.65 bits per heavy atom. The van der Waals surface area contributed by atoms with Crippen LogP contribution in [0.15, 0.2) is 48.5 Å². The van der Waals surface area contributed by atoms with Crippen molar-refractivity contribution >= 4 is 17.5 Å². The van der Waals surface area contributed by atoms with Gasteiger partial charge >= 0.3 is 0 Å². The Hall–Kier alpha value is -3.55. The fraction of sp³-hybridized carbons (Fsp3) is 0.304. The number of nitrogens with one attached hydrogen (secondary N) is 1. The standard InChI is InChI=1S/C23H22FN5O2/c1-14-4-2-5-15(8-14)23(31)28-11-16-9-20-26-27-21(29(20)13-17(16)12-28)22(30)25-19-7-3-6-18(24)10-19/h2-8,10,16-17H,9,11-13H2,1H3,(H,25,30)/t16-,17-/m0/s1. The topological polar surface area (TPSA) is 80.1 Å².